The fourth-order valence-corrected chi connectivity index (χ4v) is 5.31. The van der Waals surface area contributed by atoms with Crippen LogP contribution in [0.1, 0.15) is 90.2 Å². The lowest BCUT2D eigenvalue weighted by Gasteiger charge is -2.26. The van der Waals surface area contributed by atoms with E-state index in [1.807, 2.05) is 20.8 Å². The zero-order chi connectivity index (χ0) is 25.7. The molecule has 0 aliphatic carbocycles. The number of aliphatic hydroxyl groups is 1. The SMILES string of the molecule is CC(C)[C@@H]1OC(=O)[C@@H](C)[C@H](CCC[C@@H](C)Cl)OC(=O)c2csc(n2)[C@H](O)COC(=O)c2csc1n2. The zero-order valence-electron chi connectivity index (χ0n) is 19.9. The summed E-state index contributed by atoms with van der Waals surface area (Å²) in [5.74, 6) is -2.87. The van der Waals surface area contributed by atoms with Crippen molar-refractivity contribution in [3.63, 3.8) is 0 Å². The van der Waals surface area contributed by atoms with Crippen LogP contribution < -0.4 is 0 Å². The number of hydrogen-bond acceptors (Lipinski definition) is 11. The number of ether oxygens (including phenoxy) is 3. The van der Waals surface area contributed by atoms with Gasteiger partial charge in [0, 0.05) is 16.1 Å². The van der Waals surface area contributed by atoms with Gasteiger partial charge in [0.2, 0.25) is 0 Å². The van der Waals surface area contributed by atoms with E-state index in [4.69, 9.17) is 25.8 Å². The summed E-state index contributed by atoms with van der Waals surface area (Å²) in [6, 6.07) is 0. The maximum absolute atomic E-state index is 13.1. The van der Waals surface area contributed by atoms with Crippen LogP contribution >= 0.6 is 34.3 Å². The second-order valence-corrected chi connectivity index (χ2v) is 11.3. The lowest BCUT2D eigenvalue weighted by molar-refractivity contribution is -0.160. The third-order valence-corrected chi connectivity index (χ3v) is 7.56. The molecule has 0 spiro atoms. The topological polar surface area (TPSA) is 125 Å². The van der Waals surface area contributed by atoms with Gasteiger partial charge in [-0.3, -0.25) is 4.79 Å². The number of carbonyl (C=O) groups is 3. The molecule has 0 amide bonds. The predicted octanol–water partition coefficient (Wildman–Crippen LogP) is 4.70. The molecular formula is C23H29ClN2O7S2. The van der Waals surface area contributed by atoms with Crippen LogP contribution in [0.25, 0.3) is 0 Å². The molecular weight excluding hydrogens is 516 g/mol. The first-order valence-electron chi connectivity index (χ1n) is 11.4. The highest BCUT2D eigenvalue weighted by molar-refractivity contribution is 7.10. The molecule has 5 atom stereocenters. The maximum atomic E-state index is 13.1. The van der Waals surface area contributed by atoms with E-state index in [0.717, 1.165) is 11.3 Å². The van der Waals surface area contributed by atoms with E-state index in [0.29, 0.717) is 24.3 Å². The van der Waals surface area contributed by atoms with Crippen molar-refractivity contribution in [2.24, 2.45) is 11.8 Å². The summed E-state index contributed by atoms with van der Waals surface area (Å²) in [5.41, 5.74) is 0.0578. The highest BCUT2D eigenvalue weighted by atomic mass is 35.5. The van der Waals surface area contributed by atoms with Crippen molar-refractivity contribution >= 4 is 52.2 Å². The Morgan fingerprint density at radius 1 is 1.06 bits per heavy atom. The van der Waals surface area contributed by atoms with Gasteiger partial charge in [-0.2, -0.15) is 0 Å². The van der Waals surface area contributed by atoms with E-state index in [1.165, 1.54) is 22.1 Å². The van der Waals surface area contributed by atoms with Crippen LogP contribution in [-0.4, -0.2) is 51.1 Å². The summed E-state index contributed by atoms with van der Waals surface area (Å²) in [6.45, 7) is 6.92. The molecule has 2 aromatic rings. The van der Waals surface area contributed by atoms with E-state index in [1.54, 1.807) is 6.92 Å². The molecule has 4 bridgehead atoms. The van der Waals surface area contributed by atoms with Crippen LogP contribution in [-0.2, 0) is 19.0 Å². The predicted molar refractivity (Wildman–Crippen MR) is 131 cm³/mol. The Hall–Kier alpha value is -2.08. The molecule has 0 aromatic carbocycles. The number of alkyl halides is 1. The molecule has 9 nitrogen and oxygen atoms in total. The molecule has 192 valence electrons. The fraction of sp³-hybridized carbons (Fsp3) is 0.609. The smallest absolute Gasteiger partial charge is 0.358 e. The van der Waals surface area contributed by atoms with Gasteiger partial charge in [0.15, 0.2) is 17.5 Å². The van der Waals surface area contributed by atoms with Crippen molar-refractivity contribution in [3.8, 4) is 0 Å². The first-order chi connectivity index (χ1) is 16.6. The number of rotatable bonds is 5. The lowest BCUT2D eigenvalue weighted by atomic mass is 9.98. The summed E-state index contributed by atoms with van der Waals surface area (Å²) >= 11 is 8.29. The summed E-state index contributed by atoms with van der Waals surface area (Å²) in [7, 11) is 0. The molecule has 3 heterocycles. The quantitative estimate of drug-likeness (QED) is 0.324. The third kappa shape index (κ3) is 7.22. The highest BCUT2D eigenvalue weighted by Gasteiger charge is 2.34. The number of aliphatic hydroxyl groups excluding tert-OH is 1. The minimum absolute atomic E-state index is 0.000232. The molecule has 1 aliphatic rings. The molecule has 0 fully saturated rings. The number of nitrogens with zero attached hydrogens (tertiary/aromatic N) is 2. The van der Waals surface area contributed by atoms with Crippen LogP contribution in [0.2, 0.25) is 0 Å². The van der Waals surface area contributed by atoms with Gasteiger partial charge in [-0.15, -0.1) is 34.3 Å². The Kier molecular flexibility index (Phi) is 9.62. The highest BCUT2D eigenvalue weighted by Crippen LogP contribution is 2.31. The van der Waals surface area contributed by atoms with E-state index >= 15 is 0 Å². The Morgan fingerprint density at radius 2 is 1.69 bits per heavy atom. The number of cyclic esters (lactones) is 3. The maximum Gasteiger partial charge on any atom is 0.358 e. The van der Waals surface area contributed by atoms with Gasteiger partial charge in [0.25, 0.3) is 0 Å². The summed E-state index contributed by atoms with van der Waals surface area (Å²) in [5, 5.41) is 14.0. The molecule has 0 radical (unpaired) electrons. The molecule has 3 rings (SSSR count). The molecule has 0 saturated carbocycles. The molecule has 1 aliphatic heterocycles. The number of thiazole rings is 2. The fourth-order valence-electron chi connectivity index (χ4n) is 3.41. The van der Waals surface area contributed by atoms with Crippen LogP contribution in [0.4, 0.5) is 0 Å². The largest absolute Gasteiger partial charge is 0.458 e. The van der Waals surface area contributed by atoms with Gasteiger partial charge in [-0.25, -0.2) is 19.6 Å². The van der Waals surface area contributed by atoms with Gasteiger partial charge in [-0.1, -0.05) is 13.8 Å². The van der Waals surface area contributed by atoms with Gasteiger partial charge >= 0.3 is 17.9 Å². The second kappa shape index (κ2) is 12.2. The summed E-state index contributed by atoms with van der Waals surface area (Å²) in [6.07, 6.45) is -0.931. The number of halogens is 1. The molecule has 2 aromatic heterocycles. The summed E-state index contributed by atoms with van der Waals surface area (Å²) < 4.78 is 16.7. The Morgan fingerprint density at radius 3 is 2.34 bits per heavy atom. The second-order valence-electron chi connectivity index (χ2n) is 8.80. The Bertz CT molecular complexity index is 1040. The van der Waals surface area contributed by atoms with Crippen molar-refractivity contribution in [2.45, 2.75) is 70.6 Å². The van der Waals surface area contributed by atoms with Gasteiger partial charge < -0.3 is 19.3 Å². The van der Waals surface area contributed by atoms with Crippen molar-refractivity contribution in [1.82, 2.24) is 9.97 Å². The number of aromatic nitrogens is 2. The van der Waals surface area contributed by atoms with E-state index < -0.39 is 42.1 Å². The first kappa shape index (κ1) is 27.5. The summed E-state index contributed by atoms with van der Waals surface area (Å²) in [4.78, 5) is 46.9. The van der Waals surface area contributed by atoms with Crippen LogP contribution in [0.15, 0.2) is 10.8 Å². The van der Waals surface area contributed by atoms with E-state index in [2.05, 4.69) is 9.97 Å². The van der Waals surface area contributed by atoms with Gasteiger partial charge in [0.1, 0.15) is 28.8 Å². The number of carbonyl (C=O) groups excluding carboxylic acids is 3. The lowest BCUT2D eigenvalue weighted by Crippen LogP contribution is -2.33. The third-order valence-electron chi connectivity index (χ3n) is 5.49. The van der Waals surface area contributed by atoms with Crippen LogP contribution in [0.5, 0.6) is 0 Å². The van der Waals surface area contributed by atoms with E-state index in [-0.39, 0.29) is 34.3 Å². The van der Waals surface area contributed by atoms with Crippen molar-refractivity contribution in [3.05, 3.63) is 32.2 Å². The molecule has 35 heavy (non-hydrogen) atoms. The van der Waals surface area contributed by atoms with Gasteiger partial charge in [0.05, 0.1) is 5.92 Å². The number of hydrogen-bond donors (Lipinski definition) is 1. The van der Waals surface area contributed by atoms with Crippen LogP contribution in [0.3, 0.4) is 0 Å². The zero-order valence-corrected chi connectivity index (χ0v) is 22.3. The normalized spacial score (nSPS) is 24.9. The number of fused-ring (bicyclic) bond motifs is 4. The number of esters is 3. The molecule has 0 unspecified atom stereocenters. The van der Waals surface area contributed by atoms with Crippen LogP contribution in [0, 0.1) is 11.8 Å². The average Bonchev–Trinajstić information content (AvgIpc) is 3.49. The van der Waals surface area contributed by atoms with Gasteiger partial charge in [-0.05, 0) is 39.0 Å². The minimum Gasteiger partial charge on any atom is -0.458 e. The Balaban J connectivity index is 1.93. The Labute approximate surface area is 216 Å². The standard InChI is InChI=1S/C23H29ClN2O7S2/c1-11(2)18-20-26-14(9-35-20)22(29)31-8-16(27)19-25-15(10-34-19)23(30)32-17(7-5-6-12(3)24)13(4)21(28)33-18/h9-13,16-18,27H,5-8H2,1-4H3/t12-,13+,16-,17+,18+/m1/s1. The van der Waals surface area contributed by atoms with E-state index in [9.17, 15) is 19.5 Å². The monoisotopic (exact) mass is 544 g/mol. The van der Waals surface area contributed by atoms with Crippen molar-refractivity contribution < 1.29 is 33.7 Å². The average molecular weight is 545 g/mol. The minimum atomic E-state index is -1.22. The molecule has 1 N–H and O–H groups in total. The molecule has 12 heteroatoms. The van der Waals surface area contributed by atoms with Crippen molar-refractivity contribution in [2.75, 3.05) is 6.61 Å². The first-order valence-corrected chi connectivity index (χ1v) is 13.6. The van der Waals surface area contributed by atoms with Crippen molar-refractivity contribution in [1.29, 1.82) is 0 Å². The molecule has 0 saturated heterocycles.